The Morgan fingerprint density at radius 2 is 1.02 bits per heavy atom. The highest BCUT2D eigenvalue weighted by molar-refractivity contribution is 6.13. The van der Waals surface area contributed by atoms with Crippen molar-refractivity contribution in [3.8, 4) is 22.3 Å². The summed E-state index contributed by atoms with van der Waals surface area (Å²) >= 11 is 0. The molecule has 0 saturated heterocycles. The molecule has 1 aliphatic carbocycles. The van der Waals surface area contributed by atoms with Gasteiger partial charge >= 0.3 is 0 Å². The van der Waals surface area contributed by atoms with Gasteiger partial charge in [0.1, 0.15) is 0 Å². The van der Waals surface area contributed by atoms with Crippen LogP contribution in [-0.4, -0.2) is 0 Å². The van der Waals surface area contributed by atoms with Gasteiger partial charge in [0.15, 0.2) is 0 Å². The number of aryl methyl sites for hydroxylation is 1. The lowest BCUT2D eigenvalue weighted by Gasteiger charge is -2.35. The quantitative estimate of drug-likeness (QED) is 0.208. The predicted molar refractivity (Wildman–Crippen MR) is 169 cm³/mol. The average Bonchev–Trinajstić information content (AvgIpc) is 3.32. The van der Waals surface area contributed by atoms with E-state index in [1.807, 2.05) is 0 Å². The molecule has 0 aromatic heterocycles. The second-order valence-electron chi connectivity index (χ2n) is 11.0. The molecule has 0 bridgehead atoms. The lowest BCUT2D eigenvalue weighted by molar-refractivity contribution is 0.774. The van der Waals surface area contributed by atoms with Crippen molar-refractivity contribution in [3.63, 3.8) is 0 Å². The van der Waals surface area contributed by atoms with Gasteiger partial charge in [0, 0.05) is 0 Å². The summed E-state index contributed by atoms with van der Waals surface area (Å²) < 4.78 is 0. The second-order valence-corrected chi connectivity index (χ2v) is 11.0. The molecule has 0 saturated carbocycles. The predicted octanol–water partition coefficient (Wildman–Crippen LogP) is 10.3. The Bertz CT molecular complexity index is 1990. The van der Waals surface area contributed by atoms with Gasteiger partial charge in [-0.15, -0.1) is 0 Å². The number of hydrogen-bond acceptors (Lipinski definition) is 0. The van der Waals surface area contributed by atoms with Crippen LogP contribution >= 0.6 is 0 Å². The molecule has 0 heterocycles. The second kappa shape index (κ2) is 8.79. The van der Waals surface area contributed by atoms with E-state index < -0.39 is 5.41 Å². The van der Waals surface area contributed by atoms with Gasteiger partial charge < -0.3 is 0 Å². The van der Waals surface area contributed by atoms with E-state index in [1.54, 1.807) is 0 Å². The summed E-state index contributed by atoms with van der Waals surface area (Å²) in [5, 5.41) is 5.18. The molecule has 0 N–H and O–H groups in total. The number of fused-ring (bicyclic) bond motifs is 7. The third kappa shape index (κ3) is 3.20. The van der Waals surface area contributed by atoms with E-state index in [2.05, 4.69) is 159 Å². The molecule has 0 fully saturated rings. The van der Waals surface area contributed by atoms with Crippen molar-refractivity contribution in [3.05, 3.63) is 179 Å². The van der Waals surface area contributed by atoms with Crippen molar-refractivity contribution in [2.75, 3.05) is 0 Å². The van der Waals surface area contributed by atoms with E-state index in [-0.39, 0.29) is 0 Å². The first-order valence-corrected chi connectivity index (χ1v) is 14.0. The Balaban J connectivity index is 1.50. The van der Waals surface area contributed by atoms with Gasteiger partial charge in [-0.2, -0.15) is 0 Å². The summed E-state index contributed by atoms with van der Waals surface area (Å²) in [5.74, 6) is 0. The fourth-order valence-corrected chi connectivity index (χ4v) is 7.07. The van der Waals surface area contributed by atoms with Crippen LogP contribution in [0.3, 0.4) is 0 Å². The summed E-state index contributed by atoms with van der Waals surface area (Å²) in [6.45, 7) is 2.21. The number of rotatable bonds is 3. The molecule has 40 heavy (non-hydrogen) atoms. The summed E-state index contributed by atoms with van der Waals surface area (Å²) in [7, 11) is 0. The fourth-order valence-electron chi connectivity index (χ4n) is 7.07. The maximum Gasteiger partial charge on any atom is 0.0719 e. The molecule has 0 nitrogen and oxygen atoms in total. The zero-order valence-corrected chi connectivity index (χ0v) is 22.4. The van der Waals surface area contributed by atoms with Crippen LogP contribution in [0.25, 0.3) is 43.8 Å². The van der Waals surface area contributed by atoms with Gasteiger partial charge in [0.25, 0.3) is 0 Å². The minimum atomic E-state index is -0.406. The Morgan fingerprint density at radius 3 is 1.73 bits per heavy atom. The van der Waals surface area contributed by atoms with Crippen molar-refractivity contribution in [2.45, 2.75) is 12.3 Å². The van der Waals surface area contributed by atoms with E-state index in [4.69, 9.17) is 0 Å². The minimum Gasteiger partial charge on any atom is -0.0622 e. The SMILES string of the molecule is Cc1ccc2c(c1)C(c1ccccc1)(c1ccccc1)c1c-2ccc2c1ccc1cc(-c3ccccc3)ccc12. The van der Waals surface area contributed by atoms with Gasteiger partial charge in [-0.3, -0.25) is 0 Å². The molecular formula is C40H28. The molecule has 0 atom stereocenters. The molecule has 0 spiro atoms. The van der Waals surface area contributed by atoms with Crippen molar-refractivity contribution < 1.29 is 0 Å². The first-order valence-electron chi connectivity index (χ1n) is 14.0. The van der Waals surface area contributed by atoms with Crippen LogP contribution in [0.5, 0.6) is 0 Å². The smallest absolute Gasteiger partial charge is 0.0622 e. The van der Waals surface area contributed by atoms with E-state index in [0.717, 1.165) is 0 Å². The lowest BCUT2D eigenvalue weighted by Crippen LogP contribution is -2.28. The first-order chi connectivity index (χ1) is 19.7. The molecule has 188 valence electrons. The molecule has 1 aliphatic rings. The van der Waals surface area contributed by atoms with Crippen LogP contribution in [0.2, 0.25) is 0 Å². The highest BCUT2D eigenvalue weighted by Crippen LogP contribution is 2.58. The van der Waals surface area contributed by atoms with Crippen LogP contribution < -0.4 is 0 Å². The van der Waals surface area contributed by atoms with E-state index >= 15 is 0 Å². The van der Waals surface area contributed by atoms with Gasteiger partial charge in [-0.05, 0) is 79.0 Å². The third-order valence-corrected chi connectivity index (χ3v) is 8.78. The number of hydrogen-bond donors (Lipinski definition) is 0. The minimum absolute atomic E-state index is 0.406. The maximum atomic E-state index is 2.41. The van der Waals surface area contributed by atoms with E-state index in [1.165, 1.54) is 71.6 Å². The van der Waals surface area contributed by atoms with Gasteiger partial charge in [0.05, 0.1) is 5.41 Å². The summed E-state index contributed by atoms with van der Waals surface area (Å²) in [6, 6.07) is 56.1. The standard InChI is InChI=1S/C40H28/c1-27-17-20-35-37-24-23-34-33-21-18-29(28-11-5-2-6-12-28)26-30(33)19-22-36(34)39(37)40(38(35)25-27,31-13-7-3-8-14-31)32-15-9-4-10-16-32/h2-26H,1H3. The van der Waals surface area contributed by atoms with Crippen molar-refractivity contribution in [2.24, 2.45) is 0 Å². The fraction of sp³-hybridized carbons (Fsp3) is 0.0500. The van der Waals surface area contributed by atoms with Crippen molar-refractivity contribution in [1.29, 1.82) is 0 Å². The zero-order chi connectivity index (χ0) is 26.7. The topological polar surface area (TPSA) is 0 Å². The normalized spacial score (nSPS) is 13.3. The molecule has 0 amide bonds. The highest BCUT2D eigenvalue weighted by atomic mass is 14.5. The van der Waals surface area contributed by atoms with Gasteiger partial charge in [-0.1, -0.05) is 151 Å². The van der Waals surface area contributed by atoms with Crippen molar-refractivity contribution in [1.82, 2.24) is 0 Å². The van der Waals surface area contributed by atoms with Crippen LogP contribution in [-0.2, 0) is 5.41 Å². The van der Waals surface area contributed by atoms with Crippen LogP contribution in [0, 0.1) is 6.92 Å². The lowest BCUT2D eigenvalue weighted by atomic mass is 9.66. The highest BCUT2D eigenvalue weighted by Gasteiger charge is 2.47. The van der Waals surface area contributed by atoms with Gasteiger partial charge in [0.2, 0.25) is 0 Å². The zero-order valence-electron chi connectivity index (χ0n) is 22.4. The Kier molecular flexibility index (Phi) is 5.06. The monoisotopic (exact) mass is 508 g/mol. The van der Waals surface area contributed by atoms with E-state index in [9.17, 15) is 0 Å². The van der Waals surface area contributed by atoms with Gasteiger partial charge in [-0.25, -0.2) is 0 Å². The van der Waals surface area contributed by atoms with E-state index in [0.29, 0.717) is 0 Å². The Hall–Kier alpha value is -4.94. The average molecular weight is 509 g/mol. The first kappa shape index (κ1) is 23.0. The summed E-state index contributed by atoms with van der Waals surface area (Å²) in [5.41, 5.74) is 11.4. The largest absolute Gasteiger partial charge is 0.0719 e. The maximum absolute atomic E-state index is 2.41. The Morgan fingerprint density at radius 1 is 0.425 bits per heavy atom. The molecule has 0 aliphatic heterocycles. The van der Waals surface area contributed by atoms with Crippen LogP contribution in [0.4, 0.5) is 0 Å². The molecule has 7 aromatic carbocycles. The molecule has 7 aromatic rings. The van der Waals surface area contributed by atoms with Crippen molar-refractivity contribution >= 4 is 21.5 Å². The molecule has 8 rings (SSSR count). The molecule has 0 heteroatoms. The summed E-state index contributed by atoms with van der Waals surface area (Å²) in [6.07, 6.45) is 0. The molecular weight excluding hydrogens is 480 g/mol. The number of benzene rings is 7. The third-order valence-electron chi connectivity index (χ3n) is 8.78. The van der Waals surface area contributed by atoms with Crippen LogP contribution in [0.1, 0.15) is 27.8 Å². The molecule has 0 unspecified atom stereocenters. The Labute approximate surface area is 235 Å². The van der Waals surface area contributed by atoms with Crippen LogP contribution in [0.15, 0.2) is 152 Å². The molecule has 0 radical (unpaired) electrons. The summed E-state index contributed by atoms with van der Waals surface area (Å²) in [4.78, 5) is 0.